The molecule has 0 saturated carbocycles. The van der Waals surface area contributed by atoms with E-state index in [-0.39, 0.29) is 5.91 Å². The predicted octanol–water partition coefficient (Wildman–Crippen LogP) is 3.61. The topological polar surface area (TPSA) is 44.4 Å². The molecule has 1 heterocycles. The van der Waals surface area contributed by atoms with Crippen molar-refractivity contribution in [3.05, 3.63) is 59.7 Å². The summed E-state index contributed by atoms with van der Waals surface area (Å²) in [5.41, 5.74) is 4.25. The first-order chi connectivity index (χ1) is 11.6. The molecular weight excluding hydrogens is 318 g/mol. The summed E-state index contributed by atoms with van der Waals surface area (Å²) in [5.74, 6) is 0.205. The lowest BCUT2D eigenvalue weighted by Crippen LogP contribution is -2.28. The Morgan fingerprint density at radius 3 is 2.71 bits per heavy atom. The average Bonchev–Trinajstić information content (AvgIpc) is 3.01. The van der Waals surface area contributed by atoms with E-state index in [2.05, 4.69) is 17.6 Å². The molecule has 1 aliphatic heterocycles. The highest BCUT2D eigenvalue weighted by Crippen LogP contribution is 2.22. The van der Waals surface area contributed by atoms with Gasteiger partial charge >= 0.3 is 0 Å². The molecular formula is C19H21N3OS. The molecule has 3 rings (SSSR count). The molecule has 2 aromatic rings. The number of nitrogens with one attached hydrogen (secondary N) is 2. The molecule has 0 unspecified atom stereocenters. The van der Waals surface area contributed by atoms with E-state index in [1.165, 1.54) is 5.56 Å². The molecule has 0 spiro atoms. The van der Waals surface area contributed by atoms with Gasteiger partial charge in [0.2, 0.25) is 5.91 Å². The van der Waals surface area contributed by atoms with Crippen LogP contribution in [-0.2, 0) is 11.3 Å². The van der Waals surface area contributed by atoms with E-state index < -0.39 is 0 Å². The first-order valence-corrected chi connectivity index (χ1v) is 8.53. The van der Waals surface area contributed by atoms with Crippen LogP contribution in [0, 0.1) is 6.92 Å². The number of rotatable bonds is 4. The number of amides is 1. The van der Waals surface area contributed by atoms with E-state index in [0.717, 1.165) is 29.9 Å². The van der Waals surface area contributed by atoms with Crippen LogP contribution in [0.2, 0.25) is 0 Å². The van der Waals surface area contributed by atoms with Crippen molar-refractivity contribution in [3.8, 4) is 0 Å². The van der Waals surface area contributed by atoms with Gasteiger partial charge in [-0.2, -0.15) is 0 Å². The van der Waals surface area contributed by atoms with Crippen LogP contribution in [0.25, 0.3) is 0 Å². The second-order valence-corrected chi connectivity index (χ2v) is 6.40. The third kappa shape index (κ3) is 4.11. The minimum Gasteiger partial charge on any atom is -0.358 e. The van der Waals surface area contributed by atoms with E-state index in [1.54, 1.807) is 0 Å². The summed E-state index contributed by atoms with van der Waals surface area (Å²) in [7, 11) is 0. The third-order valence-corrected chi connectivity index (χ3v) is 4.30. The van der Waals surface area contributed by atoms with Crippen LogP contribution in [0.15, 0.2) is 48.5 Å². The molecule has 0 bridgehead atoms. The van der Waals surface area contributed by atoms with Gasteiger partial charge in [0.05, 0.1) is 0 Å². The standard InChI is InChI=1S/C19H21N3OS/c1-14-7-9-16(10-8-14)21-19(24)20-13-15-4-2-5-17(12-15)22-11-3-6-18(22)23/h2,4-5,7-10,12H,3,6,11,13H2,1H3,(H2,20,21,24). The van der Waals surface area contributed by atoms with Crippen molar-refractivity contribution in [2.45, 2.75) is 26.3 Å². The zero-order chi connectivity index (χ0) is 16.9. The van der Waals surface area contributed by atoms with Crippen molar-refractivity contribution >= 4 is 34.6 Å². The summed E-state index contributed by atoms with van der Waals surface area (Å²) in [5, 5.41) is 6.96. The number of nitrogens with zero attached hydrogens (tertiary/aromatic N) is 1. The normalized spacial score (nSPS) is 13.9. The molecule has 2 N–H and O–H groups in total. The molecule has 124 valence electrons. The first-order valence-electron chi connectivity index (χ1n) is 8.13. The van der Waals surface area contributed by atoms with Gasteiger partial charge in [-0.3, -0.25) is 4.79 Å². The lowest BCUT2D eigenvalue weighted by Gasteiger charge is -2.17. The molecule has 5 heteroatoms. The van der Waals surface area contributed by atoms with Crippen molar-refractivity contribution in [1.82, 2.24) is 5.32 Å². The van der Waals surface area contributed by atoms with Crippen molar-refractivity contribution in [2.75, 3.05) is 16.8 Å². The van der Waals surface area contributed by atoms with Crippen LogP contribution in [0.4, 0.5) is 11.4 Å². The van der Waals surface area contributed by atoms with E-state index in [1.807, 2.05) is 53.4 Å². The zero-order valence-electron chi connectivity index (χ0n) is 13.7. The fraction of sp³-hybridized carbons (Fsp3) is 0.263. The third-order valence-electron chi connectivity index (χ3n) is 4.06. The monoisotopic (exact) mass is 339 g/mol. The lowest BCUT2D eigenvalue weighted by molar-refractivity contribution is -0.117. The molecule has 1 amide bonds. The molecule has 0 aliphatic carbocycles. The van der Waals surface area contributed by atoms with Gasteiger partial charge in [-0.25, -0.2) is 0 Å². The van der Waals surface area contributed by atoms with Gasteiger partial charge in [0.25, 0.3) is 0 Å². The van der Waals surface area contributed by atoms with Crippen LogP contribution < -0.4 is 15.5 Å². The van der Waals surface area contributed by atoms with Crippen molar-refractivity contribution in [3.63, 3.8) is 0 Å². The van der Waals surface area contributed by atoms with Crippen molar-refractivity contribution in [2.24, 2.45) is 0 Å². The molecule has 0 radical (unpaired) electrons. The SMILES string of the molecule is Cc1ccc(NC(=S)NCc2cccc(N3CCCC3=O)c2)cc1. The Labute approximate surface area is 147 Å². The molecule has 1 fully saturated rings. The molecule has 1 aliphatic rings. The van der Waals surface area contributed by atoms with Gasteiger partial charge in [0.1, 0.15) is 0 Å². The number of benzene rings is 2. The number of carbonyl (C=O) groups is 1. The van der Waals surface area contributed by atoms with Crippen LogP contribution in [-0.4, -0.2) is 17.6 Å². The highest BCUT2D eigenvalue weighted by atomic mass is 32.1. The Bertz CT molecular complexity index is 743. The maximum absolute atomic E-state index is 11.9. The summed E-state index contributed by atoms with van der Waals surface area (Å²) < 4.78 is 0. The van der Waals surface area contributed by atoms with E-state index >= 15 is 0 Å². The summed E-state index contributed by atoms with van der Waals surface area (Å²) in [6.45, 7) is 3.48. The Morgan fingerprint density at radius 1 is 1.21 bits per heavy atom. The van der Waals surface area contributed by atoms with Crippen LogP contribution in [0.5, 0.6) is 0 Å². The fourth-order valence-electron chi connectivity index (χ4n) is 2.75. The predicted molar refractivity (Wildman–Crippen MR) is 102 cm³/mol. The van der Waals surface area contributed by atoms with Crippen LogP contribution in [0.3, 0.4) is 0 Å². The molecule has 24 heavy (non-hydrogen) atoms. The number of aryl methyl sites for hydroxylation is 1. The number of hydrogen-bond donors (Lipinski definition) is 2. The van der Waals surface area contributed by atoms with Gasteiger partial charge in [0.15, 0.2) is 5.11 Å². The van der Waals surface area contributed by atoms with Crippen LogP contribution in [0.1, 0.15) is 24.0 Å². The van der Waals surface area contributed by atoms with Crippen molar-refractivity contribution in [1.29, 1.82) is 0 Å². The largest absolute Gasteiger partial charge is 0.358 e. The molecule has 4 nitrogen and oxygen atoms in total. The van der Waals surface area contributed by atoms with Gasteiger partial charge < -0.3 is 15.5 Å². The summed E-state index contributed by atoms with van der Waals surface area (Å²) in [4.78, 5) is 13.7. The second-order valence-electron chi connectivity index (χ2n) is 5.99. The average molecular weight is 339 g/mol. The Morgan fingerprint density at radius 2 is 2.00 bits per heavy atom. The fourth-order valence-corrected chi connectivity index (χ4v) is 2.94. The highest BCUT2D eigenvalue weighted by molar-refractivity contribution is 7.80. The molecule has 1 saturated heterocycles. The van der Waals surface area contributed by atoms with Crippen LogP contribution >= 0.6 is 12.2 Å². The Hall–Kier alpha value is -2.40. The minimum atomic E-state index is 0.205. The highest BCUT2D eigenvalue weighted by Gasteiger charge is 2.21. The summed E-state index contributed by atoms with van der Waals surface area (Å²) in [6, 6.07) is 16.1. The minimum absolute atomic E-state index is 0.205. The maximum atomic E-state index is 11.9. The first kappa shape index (κ1) is 16.5. The number of anilines is 2. The summed E-state index contributed by atoms with van der Waals surface area (Å²) in [6.07, 6.45) is 1.58. The van der Waals surface area contributed by atoms with E-state index in [0.29, 0.717) is 18.1 Å². The maximum Gasteiger partial charge on any atom is 0.227 e. The Kier molecular flexibility index (Phi) is 5.11. The molecule has 2 aromatic carbocycles. The van der Waals surface area contributed by atoms with Gasteiger partial charge in [-0.1, -0.05) is 29.8 Å². The second kappa shape index (κ2) is 7.45. The van der Waals surface area contributed by atoms with Gasteiger partial charge in [-0.15, -0.1) is 0 Å². The Balaban J connectivity index is 1.57. The summed E-state index contributed by atoms with van der Waals surface area (Å²) >= 11 is 5.34. The van der Waals surface area contributed by atoms with Crippen molar-refractivity contribution < 1.29 is 4.79 Å². The smallest absolute Gasteiger partial charge is 0.227 e. The van der Waals surface area contributed by atoms with Gasteiger partial charge in [0, 0.05) is 30.9 Å². The molecule has 0 atom stereocenters. The molecule has 0 aromatic heterocycles. The van der Waals surface area contributed by atoms with E-state index in [9.17, 15) is 4.79 Å². The lowest BCUT2D eigenvalue weighted by atomic mass is 10.2. The van der Waals surface area contributed by atoms with Gasteiger partial charge in [-0.05, 0) is 55.4 Å². The number of thiocarbonyl (C=S) groups is 1. The van der Waals surface area contributed by atoms with E-state index in [4.69, 9.17) is 12.2 Å². The quantitative estimate of drug-likeness (QED) is 0.835. The zero-order valence-corrected chi connectivity index (χ0v) is 14.5. The number of carbonyl (C=O) groups excluding carboxylic acids is 1. The number of hydrogen-bond acceptors (Lipinski definition) is 2.